The highest BCUT2D eigenvalue weighted by atomic mass is 32.1. The van der Waals surface area contributed by atoms with Crippen LogP contribution < -0.4 is 11.1 Å². The maximum Gasteiger partial charge on any atom is 0.271 e. The van der Waals surface area contributed by atoms with E-state index in [1.54, 1.807) is 0 Å². The van der Waals surface area contributed by atoms with Crippen LogP contribution in [0.3, 0.4) is 0 Å². The number of nitrogens with zero attached hydrogens (tertiary/aromatic N) is 1. The van der Waals surface area contributed by atoms with Crippen LogP contribution in [0.15, 0.2) is 9.59 Å². The van der Waals surface area contributed by atoms with Gasteiger partial charge in [0.05, 0.1) is 0 Å². The molecule has 0 fully saturated rings. The summed E-state index contributed by atoms with van der Waals surface area (Å²) in [6, 6.07) is 0. The number of aromatic amines is 1. The molecule has 8 heteroatoms. The van der Waals surface area contributed by atoms with Crippen molar-refractivity contribution in [2.24, 2.45) is 0 Å². The van der Waals surface area contributed by atoms with Gasteiger partial charge in [0.2, 0.25) is 6.41 Å². The number of nitrogens with one attached hydrogen (secondary N) is 1. The molecule has 0 unspecified atom stereocenters. The van der Waals surface area contributed by atoms with Gasteiger partial charge < -0.3 is 0 Å². The van der Waals surface area contributed by atoms with Crippen molar-refractivity contribution in [2.75, 3.05) is 7.05 Å². The fourth-order valence-electron chi connectivity index (χ4n) is 1.65. The standard InChI is InChI=1S/C12H12N2O4S2/c1-5(2)6-9(12(18)14(3)4-15)20-8-7(19-6)10(16)13-11(8)17/h4-5H,1-3H3,(H,13,16,17). The van der Waals surface area contributed by atoms with E-state index in [1.165, 1.54) is 7.05 Å². The highest BCUT2D eigenvalue weighted by molar-refractivity contribution is 7.18. The van der Waals surface area contributed by atoms with Gasteiger partial charge in [-0.3, -0.25) is 29.1 Å². The second-order valence-corrected chi connectivity index (χ2v) is 6.59. The number of rotatable bonds is 3. The van der Waals surface area contributed by atoms with Crippen molar-refractivity contribution in [1.29, 1.82) is 0 Å². The van der Waals surface area contributed by atoms with Crippen LogP contribution in [0.1, 0.15) is 34.3 Å². The van der Waals surface area contributed by atoms with Crippen LogP contribution in [0.5, 0.6) is 0 Å². The predicted octanol–water partition coefficient (Wildman–Crippen LogP) is 0.935. The summed E-state index contributed by atoms with van der Waals surface area (Å²) < 4.78 is 0.557. The summed E-state index contributed by atoms with van der Waals surface area (Å²) in [5, 5.41) is 0. The van der Waals surface area contributed by atoms with Crippen molar-refractivity contribution in [3.63, 3.8) is 0 Å². The van der Waals surface area contributed by atoms with Crippen LogP contribution >= 0.6 is 22.7 Å². The number of imide groups is 1. The third-order valence-electron chi connectivity index (χ3n) is 2.68. The molecule has 2 heterocycles. The van der Waals surface area contributed by atoms with Crippen LogP contribution in [-0.4, -0.2) is 29.2 Å². The van der Waals surface area contributed by atoms with Crippen molar-refractivity contribution >= 4 is 35.0 Å². The molecule has 20 heavy (non-hydrogen) atoms. The zero-order valence-corrected chi connectivity index (χ0v) is 12.7. The maximum atomic E-state index is 12.2. The number of amides is 2. The van der Waals surface area contributed by atoms with E-state index in [-0.39, 0.29) is 10.5 Å². The van der Waals surface area contributed by atoms with Gasteiger partial charge in [0, 0.05) is 11.9 Å². The summed E-state index contributed by atoms with van der Waals surface area (Å²) in [7, 11) is 1.36. The first-order chi connectivity index (χ1) is 9.36. The monoisotopic (exact) mass is 312 g/mol. The Bertz CT molecular complexity index is 846. The third kappa shape index (κ3) is 2.32. The van der Waals surface area contributed by atoms with Gasteiger partial charge in [-0.05, 0) is 5.92 Å². The van der Waals surface area contributed by atoms with E-state index >= 15 is 0 Å². The van der Waals surface area contributed by atoms with Gasteiger partial charge in [0.25, 0.3) is 17.0 Å². The maximum absolute atomic E-state index is 12.2. The van der Waals surface area contributed by atoms with Gasteiger partial charge in [-0.2, -0.15) is 0 Å². The minimum Gasteiger partial charge on any atom is -0.287 e. The Morgan fingerprint density at radius 3 is 2.25 bits per heavy atom. The van der Waals surface area contributed by atoms with Crippen LogP contribution in [0.25, 0.3) is 0 Å². The molecule has 2 aliphatic rings. The van der Waals surface area contributed by atoms with Gasteiger partial charge >= 0.3 is 0 Å². The van der Waals surface area contributed by atoms with Crippen LogP contribution in [0.2, 0.25) is 0 Å². The Morgan fingerprint density at radius 1 is 1.20 bits per heavy atom. The van der Waals surface area contributed by atoms with Crippen molar-refractivity contribution < 1.29 is 9.59 Å². The highest BCUT2D eigenvalue weighted by Gasteiger charge is 2.21. The zero-order chi connectivity index (χ0) is 15.0. The van der Waals surface area contributed by atoms with Gasteiger partial charge in [0.1, 0.15) is 13.9 Å². The molecular weight excluding hydrogens is 300 g/mol. The normalized spacial score (nSPS) is 11.0. The molecule has 106 valence electrons. The molecule has 1 N–H and O–H groups in total. The lowest BCUT2D eigenvalue weighted by Crippen LogP contribution is -2.25. The van der Waals surface area contributed by atoms with Gasteiger partial charge in [0.15, 0.2) is 0 Å². The van der Waals surface area contributed by atoms with E-state index in [9.17, 15) is 19.2 Å². The first kappa shape index (κ1) is 14.6. The number of carbonyl (C=O) groups is 2. The van der Waals surface area contributed by atoms with Gasteiger partial charge in [-0.15, -0.1) is 22.7 Å². The fraction of sp³-hybridized carbons (Fsp3) is 0.333. The van der Waals surface area contributed by atoms with E-state index < -0.39 is 17.0 Å². The number of carbonyl (C=O) groups excluding carboxylic acids is 2. The number of hydrogen-bond donors (Lipinski definition) is 1. The lowest BCUT2D eigenvalue weighted by molar-refractivity contribution is -0.115. The summed E-state index contributed by atoms with van der Waals surface area (Å²) in [6.45, 7) is 3.77. The lowest BCUT2D eigenvalue weighted by Gasteiger charge is -2.13. The molecule has 2 aliphatic heterocycles. The molecule has 2 rings (SSSR count). The molecular formula is C12H12N2O4S2. The molecule has 2 amide bonds. The zero-order valence-electron chi connectivity index (χ0n) is 11.1. The van der Waals surface area contributed by atoms with E-state index in [2.05, 4.69) is 4.98 Å². The smallest absolute Gasteiger partial charge is 0.271 e. The number of hydrogen-bond acceptors (Lipinski definition) is 6. The summed E-state index contributed by atoms with van der Waals surface area (Å²) in [4.78, 5) is 50.4. The Kier molecular flexibility index (Phi) is 3.87. The molecule has 0 aromatic carbocycles. The quantitative estimate of drug-likeness (QED) is 0.854. The Balaban J connectivity index is 2.86. The molecule has 0 radical (unpaired) electrons. The van der Waals surface area contributed by atoms with Gasteiger partial charge in [-0.1, -0.05) is 13.8 Å². The fourth-order valence-corrected chi connectivity index (χ4v) is 4.22. The molecule has 0 aromatic heterocycles. The summed E-state index contributed by atoms with van der Waals surface area (Å²) in [5.41, 5.74) is -0.930. The number of H-pyrrole nitrogens is 1. The average molecular weight is 312 g/mol. The lowest BCUT2D eigenvalue weighted by atomic mass is 10.1. The van der Waals surface area contributed by atoms with Crippen molar-refractivity contribution in [3.8, 4) is 0 Å². The Morgan fingerprint density at radius 2 is 1.75 bits per heavy atom. The molecule has 6 nitrogen and oxygen atoms in total. The number of aromatic nitrogens is 1. The summed E-state index contributed by atoms with van der Waals surface area (Å²) in [5.74, 6) is -0.469. The SMILES string of the molecule is CC(C)c1sc2c(=O)[nH]c(=O)c=2sc1C(=O)N(C)C=O. The van der Waals surface area contributed by atoms with E-state index in [0.29, 0.717) is 20.7 Å². The minimum atomic E-state index is -0.496. The van der Waals surface area contributed by atoms with Crippen LogP contribution in [-0.2, 0) is 4.79 Å². The topological polar surface area (TPSA) is 87.3 Å². The van der Waals surface area contributed by atoms with Crippen LogP contribution in [0, 0.1) is 9.06 Å². The molecule has 0 aromatic rings. The predicted molar refractivity (Wildman–Crippen MR) is 76.6 cm³/mol. The molecule has 0 saturated carbocycles. The van der Waals surface area contributed by atoms with E-state index in [4.69, 9.17) is 0 Å². The summed E-state index contributed by atoms with van der Waals surface area (Å²) >= 11 is 2.09. The minimum absolute atomic E-state index is 0.00375. The molecule has 0 atom stereocenters. The van der Waals surface area contributed by atoms with E-state index in [1.807, 2.05) is 13.8 Å². The molecule has 0 aliphatic carbocycles. The van der Waals surface area contributed by atoms with Crippen molar-refractivity contribution in [1.82, 2.24) is 9.88 Å². The largest absolute Gasteiger partial charge is 0.287 e. The first-order valence-electron chi connectivity index (χ1n) is 5.79. The molecule has 0 saturated heterocycles. The molecule has 0 bridgehead atoms. The third-order valence-corrected chi connectivity index (χ3v) is 5.62. The highest BCUT2D eigenvalue weighted by Crippen LogP contribution is 2.28. The van der Waals surface area contributed by atoms with Crippen molar-refractivity contribution in [3.05, 3.63) is 39.5 Å². The first-order valence-corrected chi connectivity index (χ1v) is 7.42. The Labute approximate surface area is 121 Å². The second kappa shape index (κ2) is 5.29. The van der Waals surface area contributed by atoms with Crippen LogP contribution in [0.4, 0.5) is 0 Å². The average Bonchev–Trinajstić information content (AvgIpc) is 2.70. The van der Waals surface area contributed by atoms with E-state index in [0.717, 1.165) is 27.6 Å². The summed E-state index contributed by atoms with van der Waals surface area (Å²) in [6.07, 6.45) is 0.419. The second-order valence-electron chi connectivity index (χ2n) is 4.52. The van der Waals surface area contributed by atoms with Crippen molar-refractivity contribution in [2.45, 2.75) is 19.8 Å². The Hall–Kier alpha value is -1.80. The molecule has 0 spiro atoms. The van der Waals surface area contributed by atoms with Gasteiger partial charge in [-0.25, -0.2) is 0 Å².